The molecule has 1 N–H and O–H groups in total. The molecule has 3 saturated heterocycles. The average molecular weight is 643 g/mol. The van der Waals surface area contributed by atoms with Crippen LogP contribution in [0.4, 0.5) is 0 Å². The van der Waals surface area contributed by atoms with Gasteiger partial charge in [-0.2, -0.15) is 0 Å². The van der Waals surface area contributed by atoms with Crippen molar-refractivity contribution >= 4 is 40.5 Å². The van der Waals surface area contributed by atoms with Gasteiger partial charge in [-0.15, -0.1) is 30.0 Å². The number of aliphatic hydroxyl groups excluding tert-OH is 1. The third kappa shape index (κ3) is 5.13. The molecule has 3 fully saturated rings. The number of thioether (sulfide) groups is 1. The van der Waals surface area contributed by atoms with Crippen LogP contribution in [0.15, 0.2) is 79.9 Å². The van der Waals surface area contributed by atoms with Crippen molar-refractivity contribution in [3.05, 3.63) is 85.5 Å². The maximum Gasteiger partial charge on any atom is 0.248 e. The second kappa shape index (κ2) is 13.0. The predicted octanol–water partition coefficient (Wildman–Crippen LogP) is 3.73. The smallest absolute Gasteiger partial charge is 0.248 e. The van der Waals surface area contributed by atoms with Gasteiger partial charge >= 0.3 is 0 Å². The van der Waals surface area contributed by atoms with E-state index in [0.29, 0.717) is 19.5 Å². The number of likely N-dealkylation sites (tertiary alicyclic amines) is 1. The lowest BCUT2D eigenvalue weighted by Gasteiger charge is -2.42. The van der Waals surface area contributed by atoms with E-state index < -0.39 is 28.7 Å². The van der Waals surface area contributed by atoms with Crippen LogP contribution in [0.3, 0.4) is 0 Å². The average Bonchev–Trinajstić information content (AvgIpc) is 3.79. The van der Waals surface area contributed by atoms with Crippen LogP contribution >= 0.6 is 11.8 Å². The van der Waals surface area contributed by atoms with Crippen LogP contribution in [0.25, 0.3) is 11.0 Å². The molecule has 2 bridgehead atoms. The number of carbonyl (C=O) groups is 3. The summed E-state index contributed by atoms with van der Waals surface area (Å²) in [4.78, 5) is 49.2. The summed E-state index contributed by atoms with van der Waals surface area (Å²) in [6.07, 6.45) is 4.58. The highest BCUT2D eigenvalue weighted by molar-refractivity contribution is 8.02. The molecular formula is C35H42N6O4S. The first-order valence-corrected chi connectivity index (χ1v) is 16.9. The van der Waals surface area contributed by atoms with Crippen molar-refractivity contribution in [2.24, 2.45) is 17.8 Å². The van der Waals surface area contributed by atoms with E-state index in [1.165, 1.54) is 0 Å². The van der Waals surface area contributed by atoms with Gasteiger partial charge in [0.05, 0.1) is 34.7 Å². The van der Waals surface area contributed by atoms with E-state index in [1.807, 2.05) is 61.5 Å². The Kier molecular flexibility index (Phi) is 9.07. The van der Waals surface area contributed by atoms with Crippen molar-refractivity contribution in [1.29, 1.82) is 0 Å². The fraction of sp³-hybridized carbons (Fsp3) is 0.457. The molecule has 1 spiro atoms. The first kappa shape index (κ1) is 32.0. The molecule has 3 aliphatic heterocycles. The minimum Gasteiger partial charge on any atom is -0.394 e. The number of fused-ring (bicyclic) bond motifs is 2. The first-order chi connectivity index (χ1) is 22.3. The van der Waals surface area contributed by atoms with Crippen LogP contribution in [0.5, 0.6) is 0 Å². The minimum absolute atomic E-state index is 0.00425. The van der Waals surface area contributed by atoms with Gasteiger partial charge in [0.1, 0.15) is 18.2 Å². The lowest BCUT2D eigenvalue weighted by Crippen LogP contribution is -2.59. The highest BCUT2D eigenvalue weighted by atomic mass is 32.2. The standard InChI is InChI=1S/C35H42N6O4S/c1-5-17-38(20-24-13-9-8-10-14-24)32(43)29-28-19-23(4)35(46-28)30(29)33(44)41(25(7-3)21-42)31(35)34(45)39(18-6-2)22-40-27-16-12-11-15-26(27)36-37-40/h5-6,8-16,23,25,28-31,42H,1-2,7,17-22H2,3-4H3/t23?,25-,28-,29+,30-,31?,35?/m0/s1. The van der Waals surface area contributed by atoms with Crippen molar-refractivity contribution in [2.45, 2.75) is 62.0 Å². The lowest BCUT2D eigenvalue weighted by atomic mass is 9.65. The van der Waals surface area contributed by atoms with Gasteiger partial charge in [-0.05, 0) is 36.5 Å². The molecule has 3 unspecified atom stereocenters. The Morgan fingerprint density at radius 3 is 2.48 bits per heavy atom. The number of benzene rings is 2. The first-order valence-electron chi connectivity index (χ1n) is 16.0. The second-order valence-corrected chi connectivity index (χ2v) is 14.2. The molecule has 242 valence electrons. The van der Waals surface area contributed by atoms with Crippen LogP contribution in [0, 0.1) is 17.8 Å². The Morgan fingerprint density at radius 2 is 1.78 bits per heavy atom. The predicted molar refractivity (Wildman–Crippen MR) is 178 cm³/mol. The zero-order valence-electron chi connectivity index (χ0n) is 26.4. The molecule has 7 atom stereocenters. The van der Waals surface area contributed by atoms with E-state index in [-0.39, 0.29) is 48.7 Å². The van der Waals surface area contributed by atoms with Gasteiger partial charge in [-0.25, -0.2) is 4.68 Å². The Bertz CT molecular complexity index is 1630. The van der Waals surface area contributed by atoms with Crippen molar-refractivity contribution in [1.82, 2.24) is 29.7 Å². The normalized spacial score (nSPS) is 27.1. The Hall–Kier alpha value is -3.96. The van der Waals surface area contributed by atoms with Crippen molar-refractivity contribution in [3.63, 3.8) is 0 Å². The Labute approximate surface area is 274 Å². The van der Waals surface area contributed by atoms with E-state index in [4.69, 9.17) is 0 Å². The summed E-state index contributed by atoms with van der Waals surface area (Å²) in [5.41, 5.74) is 2.50. The molecule has 46 heavy (non-hydrogen) atoms. The molecule has 3 amide bonds. The molecule has 10 nitrogen and oxygen atoms in total. The number of hydrogen-bond acceptors (Lipinski definition) is 7. The molecule has 0 radical (unpaired) electrons. The summed E-state index contributed by atoms with van der Waals surface area (Å²) in [6.45, 7) is 12.7. The summed E-state index contributed by atoms with van der Waals surface area (Å²) in [5, 5.41) is 19.0. The number of carbonyl (C=O) groups excluding carboxylic acids is 3. The topological polar surface area (TPSA) is 112 Å². The largest absolute Gasteiger partial charge is 0.394 e. The van der Waals surface area contributed by atoms with Crippen molar-refractivity contribution in [3.8, 4) is 0 Å². The van der Waals surface area contributed by atoms with E-state index in [1.54, 1.807) is 43.3 Å². The lowest BCUT2D eigenvalue weighted by molar-refractivity contribution is -0.147. The SMILES string of the molecule is C=CCN(Cn1nnc2ccccc21)C(=O)C1N([C@@H](CC)CO)C(=O)[C@@H]2[C@H](C(=O)N(CC=C)Cc3ccccc3)[C@@H]3CC(C)C12S3. The van der Waals surface area contributed by atoms with E-state index >= 15 is 0 Å². The fourth-order valence-corrected chi connectivity index (χ4v) is 10.4. The summed E-state index contributed by atoms with van der Waals surface area (Å²) in [6, 6.07) is 15.9. The van der Waals surface area contributed by atoms with Gasteiger partial charge in [0.15, 0.2) is 0 Å². The van der Waals surface area contributed by atoms with E-state index in [9.17, 15) is 19.5 Å². The number of aromatic nitrogens is 3. The summed E-state index contributed by atoms with van der Waals surface area (Å²) in [5.74, 6) is -1.81. The van der Waals surface area contributed by atoms with Gasteiger partial charge in [-0.1, -0.05) is 73.7 Å². The zero-order valence-corrected chi connectivity index (χ0v) is 27.3. The summed E-state index contributed by atoms with van der Waals surface area (Å²) in [7, 11) is 0. The maximum atomic E-state index is 14.9. The number of aliphatic hydroxyl groups is 1. The number of para-hydroxylation sites is 1. The molecule has 11 heteroatoms. The van der Waals surface area contributed by atoms with E-state index in [2.05, 4.69) is 30.4 Å². The molecule has 3 aliphatic rings. The quantitative estimate of drug-likeness (QED) is 0.283. The van der Waals surface area contributed by atoms with Gasteiger partial charge in [0.25, 0.3) is 0 Å². The minimum atomic E-state index is -0.860. The molecule has 0 aliphatic carbocycles. The molecule has 0 saturated carbocycles. The van der Waals surface area contributed by atoms with Gasteiger partial charge in [-0.3, -0.25) is 14.4 Å². The van der Waals surface area contributed by atoms with Crippen molar-refractivity contribution in [2.75, 3.05) is 19.7 Å². The third-order valence-electron chi connectivity index (χ3n) is 10.0. The molecule has 4 heterocycles. The molecule has 3 aromatic rings. The summed E-state index contributed by atoms with van der Waals surface area (Å²) >= 11 is 1.64. The molecule has 1 aromatic heterocycles. The Morgan fingerprint density at radius 1 is 1.09 bits per heavy atom. The van der Waals surface area contributed by atoms with Crippen LogP contribution < -0.4 is 0 Å². The molecule has 2 aromatic carbocycles. The van der Waals surface area contributed by atoms with Gasteiger partial charge in [0, 0.05) is 24.9 Å². The number of amides is 3. The highest BCUT2D eigenvalue weighted by Gasteiger charge is 2.77. The number of nitrogens with zero attached hydrogens (tertiary/aromatic N) is 6. The fourth-order valence-electron chi connectivity index (χ4n) is 7.96. The van der Waals surface area contributed by atoms with E-state index in [0.717, 1.165) is 23.0 Å². The highest BCUT2D eigenvalue weighted by Crippen LogP contribution is 2.69. The van der Waals surface area contributed by atoms with Crippen molar-refractivity contribution < 1.29 is 19.5 Å². The van der Waals surface area contributed by atoms with Crippen LogP contribution in [0.2, 0.25) is 0 Å². The van der Waals surface area contributed by atoms with Gasteiger partial charge in [0.2, 0.25) is 17.7 Å². The second-order valence-electron chi connectivity index (χ2n) is 12.6. The van der Waals surface area contributed by atoms with Crippen LogP contribution in [-0.2, 0) is 27.6 Å². The number of rotatable bonds is 13. The monoisotopic (exact) mass is 642 g/mol. The maximum absolute atomic E-state index is 14.9. The zero-order chi connectivity index (χ0) is 32.6. The van der Waals surface area contributed by atoms with Crippen LogP contribution in [0.1, 0.15) is 32.3 Å². The Balaban J connectivity index is 1.39. The molecular weight excluding hydrogens is 600 g/mol. The summed E-state index contributed by atoms with van der Waals surface area (Å²) < 4.78 is 0.861. The number of hydrogen-bond donors (Lipinski definition) is 1. The third-order valence-corrected chi connectivity index (χ3v) is 12.1. The van der Waals surface area contributed by atoms with Gasteiger partial charge < -0.3 is 19.8 Å². The molecule has 6 rings (SSSR count). The van der Waals surface area contributed by atoms with Crippen LogP contribution in [-0.4, -0.2) is 94.3 Å².